The Hall–Kier alpha value is -2.05. The molecule has 5 nitrogen and oxygen atoms in total. The van der Waals surface area contributed by atoms with Crippen molar-refractivity contribution in [3.8, 4) is 11.5 Å². The molecule has 0 saturated carbocycles. The van der Waals surface area contributed by atoms with Gasteiger partial charge in [0.1, 0.15) is 22.7 Å². The van der Waals surface area contributed by atoms with Crippen LogP contribution in [0.25, 0.3) is 0 Å². The minimum absolute atomic E-state index is 0.369. The average Bonchev–Trinajstić information content (AvgIpc) is 2.69. The Morgan fingerprint density at radius 1 is 1.04 bits per heavy atom. The number of halogens is 1. The summed E-state index contributed by atoms with van der Waals surface area (Å²) in [5.74, 6) is 0.612. The van der Waals surface area contributed by atoms with Crippen LogP contribution in [0.3, 0.4) is 0 Å². The van der Waals surface area contributed by atoms with Gasteiger partial charge in [-0.1, -0.05) is 30.3 Å². The Kier molecular flexibility index (Phi) is 5.84. The van der Waals surface area contributed by atoms with Crippen LogP contribution in [-0.2, 0) is 10.3 Å². The standard InChI is InChI=1S/C20H22BrNO4/c1-24-17-13-18(25-2)16(21)12-15(17)19(23)26-20(8-10-22-11-9-20)14-6-4-3-5-7-14/h3-7,12-13,22H,8-11H2,1-2H3. The number of ether oxygens (including phenoxy) is 3. The average molecular weight is 420 g/mol. The Morgan fingerprint density at radius 3 is 2.31 bits per heavy atom. The maximum atomic E-state index is 13.0. The van der Waals surface area contributed by atoms with Gasteiger partial charge in [0.15, 0.2) is 0 Å². The zero-order valence-electron chi connectivity index (χ0n) is 14.9. The van der Waals surface area contributed by atoms with E-state index in [0.29, 0.717) is 21.5 Å². The van der Waals surface area contributed by atoms with E-state index in [9.17, 15) is 4.79 Å². The van der Waals surface area contributed by atoms with Crippen LogP contribution in [-0.4, -0.2) is 33.3 Å². The molecule has 138 valence electrons. The minimum Gasteiger partial charge on any atom is -0.496 e. The van der Waals surface area contributed by atoms with Gasteiger partial charge in [-0.2, -0.15) is 0 Å². The number of hydrogen-bond acceptors (Lipinski definition) is 5. The molecule has 0 spiro atoms. The second-order valence-electron chi connectivity index (χ2n) is 6.19. The highest BCUT2D eigenvalue weighted by atomic mass is 79.9. The van der Waals surface area contributed by atoms with E-state index < -0.39 is 11.6 Å². The largest absolute Gasteiger partial charge is 0.496 e. The minimum atomic E-state index is -0.638. The number of methoxy groups -OCH3 is 2. The van der Waals surface area contributed by atoms with Crippen LogP contribution in [0.15, 0.2) is 46.9 Å². The van der Waals surface area contributed by atoms with Gasteiger partial charge >= 0.3 is 5.97 Å². The van der Waals surface area contributed by atoms with E-state index in [1.165, 1.54) is 7.11 Å². The van der Waals surface area contributed by atoms with Crippen molar-refractivity contribution in [2.24, 2.45) is 0 Å². The van der Waals surface area contributed by atoms with Crippen LogP contribution in [0.2, 0.25) is 0 Å². The number of hydrogen-bond donors (Lipinski definition) is 1. The monoisotopic (exact) mass is 419 g/mol. The zero-order valence-corrected chi connectivity index (χ0v) is 16.5. The lowest BCUT2D eigenvalue weighted by Gasteiger charge is -2.37. The van der Waals surface area contributed by atoms with Crippen LogP contribution in [0.5, 0.6) is 11.5 Å². The molecule has 1 heterocycles. The molecule has 2 aromatic rings. The number of benzene rings is 2. The van der Waals surface area contributed by atoms with Crippen molar-refractivity contribution in [2.45, 2.75) is 18.4 Å². The van der Waals surface area contributed by atoms with Crippen LogP contribution in [0, 0.1) is 0 Å². The topological polar surface area (TPSA) is 56.8 Å². The molecule has 1 fully saturated rings. The molecule has 1 saturated heterocycles. The first-order chi connectivity index (χ1) is 12.6. The molecule has 1 aliphatic heterocycles. The highest BCUT2D eigenvalue weighted by Crippen LogP contribution is 2.38. The summed E-state index contributed by atoms with van der Waals surface area (Å²) in [5, 5.41) is 3.33. The maximum absolute atomic E-state index is 13.0. The normalized spacial score (nSPS) is 16.0. The predicted octanol–water partition coefficient (Wildman–Crippen LogP) is 3.90. The van der Waals surface area contributed by atoms with Gasteiger partial charge in [0, 0.05) is 18.9 Å². The summed E-state index contributed by atoms with van der Waals surface area (Å²) < 4.78 is 17.4. The first kappa shape index (κ1) is 18.7. The van der Waals surface area contributed by atoms with Crippen molar-refractivity contribution in [2.75, 3.05) is 27.3 Å². The second-order valence-corrected chi connectivity index (χ2v) is 7.04. The van der Waals surface area contributed by atoms with E-state index in [4.69, 9.17) is 14.2 Å². The van der Waals surface area contributed by atoms with E-state index in [1.807, 2.05) is 30.3 Å². The number of rotatable bonds is 5. The molecule has 1 aliphatic rings. The van der Waals surface area contributed by atoms with Crippen LogP contribution >= 0.6 is 15.9 Å². The van der Waals surface area contributed by atoms with Crippen molar-refractivity contribution in [1.29, 1.82) is 0 Å². The lowest BCUT2D eigenvalue weighted by atomic mass is 9.84. The summed E-state index contributed by atoms with van der Waals surface area (Å²) in [4.78, 5) is 13.0. The van der Waals surface area contributed by atoms with E-state index in [0.717, 1.165) is 31.5 Å². The molecule has 0 aliphatic carbocycles. The fourth-order valence-corrected chi connectivity index (χ4v) is 3.78. The van der Waals surface area contributed by atoms with Gasteiger partial charge in [-0.05, 0) is 40.6 Å². The van der Waals surface area contributed by atoms with Crippen LogP contribution in [0.4, 0.5) is 0 Å². The SMILES string of the molecule is COc1cc(OC)c(C(=O)OC2(c3ccccc3)CCNCC2)cc1Br. The lowest BCUT2D eigenvalue weighted by Crippen LogP contribution is -2.43. The summed E-state index contributed by atoms with van der Waals surface area (Å²) in [6, 6.07) is 13.3. The number of esters is 1. The van der Waals surface area contributed by atoms with Gasteiger partial charge in [0.25, 0.3) is 0 Å². The molecular formula is C20H22BrNO4. The molecule has 0 bridgehead atoms. The lowest BCUT2D eigenvalue weighted by molar-refractivity contribution is -0.0380. The molecule has 0 unspecified atom stereocenters. The predicted molar refractivity (Wildman–Crippen MR) is 103 cm³/mol. The van der Waals surface area contributed by atoms with E-state index in [1.54, 1.807) is 19.2 Å². The van der Waals surface area contributed by atoms with Crippen LogP contribution < -0.4 is 14.8 Å². The molecule has 0 radical (unpaired) electrons. The first-order valence-corrected chi connectivity index (χ1v) is 9.30. The fourth-order valence-electron chi connectivity index (χ4n) is 3.27. The molecule has 6 heteroatoms. The zero-order chi connectivity index (χ0) is 18.6. The van der Waals surface area contributed by atoms with Crippen molar-refractivity contribution >= 4 is 21.9 Å². The van der Waals surface area contributed by atoms with Gasteiger partial charge in [-0.15, -0.1) is 0 Å². The summed E-state index contributed by atoms with van der Waals surface area (Å²) in [6.07, 6.45) is 1.45. The smallest absolute Gasteiger partial charge is 0.342 e. The van der Waals surface area contributed by atoms with Crippen molar-refractivity contribution in [3.05, 3.63) is 58.1 Å². The number of piperidine rings is 1. The van der Waals surface area contributed by atoms with E-state index in [-0.39, 0.29) is 0 Å². The Morgan fingerprint density at radius 2 is 1.69 bits per heavy atom. The van der Waals surface area contributed by atoms with Crippen molar-refractivity contribution in [3.63, 3.8) is 0 Å². The third-order valence-corrected chi connectivity index (χ3v) is 5.31. The Labute approximate surface area is 161 Å². The summed E-state index contributed by atoms with van der Waals surface area (Å²) in [6.45, 7) is 1.59. The van der Waals surface area contributed by atoms with Crippen molar-refractivity contribution in [1.82, 2.24) is 5.32 Å². The van der Waals surface area contributed by atoms with Gasteiger partial charge < -0.3 is 19.5 Å². The van der Waals surface area contributed by atoms with Gasteiger partial charge in [-0.25, -0.2) is 4.79 Å². The van der Waals surface area contributed by atoms with Gasteiger partial charge in [0.2, 0.25) is 0 Å². The number of carbonyl (C=O) groups is 1. The molecule has 0 amide bonds. The number of carbonyl (C=O) groups excluding carboxylic acids is 1. The molecule has 0 atom stereocenters. The fraction of sp³-hybridized carbons (Fsp3) is 0.350. The quantitative estimate of drug-likeness (QED) is 0.744. The van der Waals surface area contributed by atoms with Gasteiger partial charge in [0.05, 0.1) is 18.7 Å². The number of nitrogens with one attached hydrogen (secondary N) is 1. The highest BCUT2D eigenvalue weighted by Gasteiger charge is 2.38. The van der Waals surface area contributed by atoms with Gasteiger partial charge in [-0.3, -0.25) is 0 Å². The molecule has 2 aromatic carbocycles. The molecule has 3 rings (SSSR count). The van der Waals surface area contributed by atoms with Crippen molar-refractivity contribution < 1.29 is 19.0 Å². The third-order valence-electron chi connectivity index (χ3n) is 4.69. The van der Waals surface area contributed by atoms with Crippen LogP contribution in [0.1, 0.15) is 28.8 Å². The Balaban J connectivity index is 1.95. The molecule has 0 aromatic heterocycles. The summed E-state index contributed by atoms with van der Waals surface area (Å²) >= 11 is 3.42. The van der Waals surface area contributed by atoms with E-state index >= 15 is 0 Å². The second kappa shape index (κ2) is 8.10. The Bertz CT molecular complexity index is 773. The first-order valence-electron chi connectivity index (χ1n) is 8.51. The molecular weight excluding hydrogens is 398 g/mol. The van der Waals surface area contributed by atoms with E-state index in [2.05, 4.69) is 21.2 Å². The third kappa shape index (κ3) is 3.71. The highest BCUT2D eigenvalue weighted by molar-refractivity contribution is 9.10. The summed E-state index contributed by atoms with van der Waals surface area (Å²) in [5.41, 5.74) is 0.747. The molecule has 1 N–H and O–H groups in total. The molecule has 26 heavy (non-hydrogen) atoms. The maximum Gasteiger partial charge on any atom is 0.342 e. The summed E-state index contributed by atoms with van der Waals surface area (Å²) in [7, 11) is 3.09.